The van der Waals surface area contributed by atoms with Crippen LogP contribution in [0.1, 0.15) is 0 Å². The molecule has 0 amide bonds. The van der Waals surface area contributed by atoms with Crippen molar-refractivity contribution in [1.82, 2.24) is 4.98 Å². The molecule has 78 valence electrons. The van der Waals surface area contributed by atoms with Gasteiger partial charge in [-0.25, -0.2) is 8.78 Å². The average Bonchev–Trinajstić information content (AvgIpc) is 2.18. The molecule has 0 bridgehead atoms. The van der Waals surface area contributed by atoms with E-state index in [2.05, 4.69) is 4.98 Å². The number of nitrogens with two attached hydrogens (primary N) is 2. The van der Waals surface area contributed by atoms with Crippen LogP contribution in [0.4, 0.5) is 20.2 Å². The standard InChI is InChI=1S/C9H6ClF2N3/c10-3-1-4(11)7(12)9-6(3)8(14)5(13)2-15-9/h1-2H,13H2,(H2,14,15). The van der Waals surface area contributed by atoms with Gasteiger partial charge in [0.15, 0.2) is 11.6 Å². The average molecular weight is 230 g/mol. The number of hydrogen-bond donors (Lipinski definition) is 2. The minimum atomic E-state index is -1.08. The maximum atomic E-state index is 13.3. The van der Waals surface area contributed by atoms with Gasteiger partial charge in [0.05, 0.1) is 22.6 Å². The fraction of sp³-hybridized carbons (Fsp3) is 0. The molecule has 1 aromatic heterocycles. The van der Waals surface area contributed by atoms with Crippen molar-refractivity contribution < 1.29 is 8.78 Å². The quantitative estimate of drug-likeness (QED) is 0.682. The van der Waals surface area contributed by atoms with Crippen LogP contribution >= 0.6 is 11.6 Å². The van der Waals surface area contributed by atoms with Gasteiger partial charge in [0.25, 0.3) is 0 Å². The van der Waals surface area contributed by atoms with E-state index in [9.17, 15) is 8.78 Å². The zero-order valence-electron chi connectivity index (χ0n) is 7.39. The zero-order chi connectivity index (χ0) is 11.2. The number of rotatable bonds is 0. The number of aromatic nitrogens is 1. The Morgan fingerprint density at radius 3 is 2.60 bits per heavy atom. The molecule has 1 heterocycles. The van der Waals surface area contributed by atoms with E-state index in [1.54, 1.807) is 0 Å². The van der Waals surface area contributed by atoms with Crippen LogP contribution in [-0.2, 0) is 0 Å². The molecule has 2 aromatic rings. The van der Waals surface area contributed by atoms with Gasteiger partial charge in [0.2, 0.25) is 0 Å². The summed E-state index contributed by atoms with van der Waals surface area (Å²) in [5, 5.41) is 0.122. The van der Waals surface area contributed by atoms with Crippen molar-refractivity contribution in [3.63, 3.8) is 0 Å². The molecule has 0 saturated carbocycles. The molecule has 0 atom stereocenters. The zero-order valence-corrected chi connectivity index (χ0v) is 8.15. The molecule has 0 fully saturated rings. The molecule has 0 radical (unpaired) electrons. The molecule has 0 unspecified atom stereocenters. The summed E-state index contributed by atoms with van der Waals surface area (Å²) in [4.78, 5) is 3.66. The molecule has 0 aliphatic rings. The van der Waals surface area contributed by atoms with Crippen molar-refractivity contribution in [2.75, 3.05) is 11.5 Å². The number of pyridine rings is 1. The Morgan fingerprint density at radius 2 is 1.93 bits per heavy atom. The lowest BCUT2D eigenvalue weighted by Gasteiger charge is -2.07. The van der Waals surface area contributed by atoms with Crippen molar-refractivity contribution in [2.24, 2.45) is 0 Å². The van der Waals surface area contributed by atoms with Gasteiger partial charge >= 0.3 is 0 Å². The van der Waals surface area contributed by atoms with Crippen LogP contribution in [0, 0.1) is 11.6 Å². The summed E-state index contributed by atoms with van der Waals surface area (Å²) in [5.41, 5.74) is 11.1. The molecule has 4 N–H and O–H groups in total. The van der Waals surface area contributed by atoms with Crippen LogP contribution in [0.5, 0.6) is 0 Å². The molecular weight excluding hydrogens is 224 g/mol. The minimum absolute atomic E-state index is 0.0128. The van der Waals surface area contributed by atoms with E-state index in [1.807, 2.05) is 0 Å². The van der Waals surface area contributed by atoms with Crippen molar-refractivity contribution in [3.8, 4) is 0 Å². The van der Waals surface area contributed by atoms with Crippen LogP contribution < -0.4 is 11.5 Å². The van der Waals surface area contributed by atoms with Crippen LogP contribution in [0.3, 0.4) is 0 Å². The van der Waals surface area contributed by atoms with Crippen molar-refractivity contribution >= 4 is 33.9 Å². The summed E-state index contributed by atoms with van der Waals surface area (Å²) in [6.07, 6.45) is 1.16. The highest BCUT2D eigenvalue weighted by molar-refractivity contribution is 6.36. The van der Waals surface area contributed by atoms with E-state index in [-0.39, 0.29) is 27.3 Å². The lowest BCUT2D eigenvalue weighted by molar-refractivity contribution is 0.515. The molecule has 3 nitrogen and oxygen atoms in total. The lowest BCUT2D eigenvalue weighted by atomic mass is 10.1. The largest absolute Gasteiger partial charge is 0.396 e. The molecule has 15 heavy (non-hydrogen) atoms. The Kier molecular flexibility index (Phi) is 2.12. The van der Waals surface area contributed by atoms with Crippen LogP contribution in [0.2, 0.25) is 5.02 Å². The molecule has 0 aliphatic heterocycles. The SMILES string of the molecule is Nc1cnc2c(F)c(F)cc(Cl)c2c1N. The van der Waals surface area contributed by atoms with Gasteiger partial charge in [-0.1, -0.05) is 11.6 Å². The topological polar surface area (TPSA) is 64.9 Å². The molecule has 0 aliphatic carbocycles. The van der Waals surface area contributed by atoms with E-state index in [1.165, 1.54) is 0 Å². The molecule has 1 aromatic carbocycles. The van der Waals surface area contributed by atoms with Gasteiger partial charge in [-0.3, -0.25) is 4.98 Å². The second-order valence-electron chi connectivity index (χ2n) is 3.01. The predicted octanol–water partition coefficient (Wildman–Crippen LogP) is 2.33. The van der Waals surface area contributed by atoms with Crippen molar-refractivity contribution in [3.05, 3.63) is 28.9 Å². The Balaban J connectivity index is 3.03. The molecular formula is C9H6ClF2N3. The van der Waals surface area contributed by atoms with E-state index < -0.39 is 11.6 Å². The summed E-state index contributed by atoms with van der Waals surface area (Å²) in [6, 6.07) is 0.844. The summed E-state index contributed by atoms with van der Waals surface area (Å²) in [7, 11) is 0. The van der Waals surface area contributed by atoms with Crippen LogP contribution in [0.15, 0.2) is 12.3 Å². The maximum Gasteiger partial charge on any atom is 0.185 e. The third kappa shape index (κ3) is 1.35. The fourth-order valence-electron chi connectivity index (χ4n) is 1.31. The number of benzene rings is 1. The minimum Gasteiger partial charge on any atom is -0.396 e. The Bertz CT molecular complexity index is 557. The number of fused-ring (bicyclic) bond motifs is 1. The van der Waals surface area contributed by atoms with Crippen molar-refractivity contribution in [1.29, 1.82) is 0 Å². The van der Waals surface area contributed by atoms with Gasteiger partial charge in [0, 0.05) is 5.39 Å². The van der Waals surface area contributed by atoms with Gasteiger partial charge in [-0.05, 0) is 6.07 Å². The Morgan fingerprint density at radius 1 is 1.27 bits per heavy atom. The van der Waals surface area contributed by atoms with E-state index in [4.69, 9.17) is 23.1 Å². The van der Waals surface area contributed by atoms with Crippen LogP contribution in [0.25, 0.3) is 10.9 Å². The predicted molar refractivity (Wildman–Crippen MR) is 55.5 cm³/mol. The van der Waals surface area contributed by atoms with Gasteiger partial charge in [0.1, 0.15) is 5.52 Å². The van der Waals surface area contributed by atoms with Crippen LogP contribution in [-0.4, -0.2) is 4.98 Å². The monoisotopic (exact) mass is 229 g/mol. The summed E-state index contributed by atoms with van der Waals surface area (Å²) < 4.78 is 26.3. The molecule has 6 heteroatoms. The first kappa shape index (κ1) is 9.92. The Labute approximate surface area is 88.6 Å². The first-order chi connectivity index (χ1) is 7.02. The first-order valence-electron chi connectivity index (χ1n) is 3.99. The second kappa shape index (κ2) is 3.20. The molecule has 2 rings (SSSR count). The number of hydrogen-bond acceptors (Lipinski definition) is 3. The molecule has 0 saturated heterocycles. The van der Waals surface area contributed by atoms with E-state index in [0.717, 1.165) is 12.3 Å². The normalized spacial score (nSPS) is 10.9. The second-order valence-corrected chi connectivity index (χ2v) is 3.41. The van der Waals surface area contributed by atoms with Crippen molar-refractivity contribution in [2.45, 2.75) is 0 Å². The number of nitrogens with zero attached hydrogens (tertiary/aromatic N) is 1. The fourth-order valence-corrected chi connectivity index (χ4v) is 1.60. The highest BCUT2D eigenvalue weighted by Gasteiger charge is 2.15. The number of halogens is 3. The highest BCUT2D eigenvalue weighted by atomic mass is 35.5. The molecule has 0 spiro atoms. The third-order valence-electron chi connectivity index (χ3n) is 2.06. The number of nitrogen functional groups attached to an aromatic ring is 2. The van der Waals surface area contributed by atoms with Gasteiger partial charge < -0.3 is 11.5 Å². The summed E-state index contributed by atoms with van der Waals surface area (Å²) in [6.45, 7) is 0. The van der Waals surface area contributed by atoms with Gasteiger partial charge in [-0.15, -0.1) is 0 Å². The first-order valence-corrected chi connectivity index (χ1v) is 4.37. The third-order valence-corrected chi connectivity index (χ3v) is 2.36. The lowest BCUT2D eigenvalue weighted by Crippen LogP contribution is -2.00. The van der Waals surface area contributed by atoms with E-state index in [0.29, 0.717) is 0 Å². The maximum absolute atomic E-state index is 13.3. The van der Waals surface area contributed by atoms with E-state index >= 15 is 0 Å². The number of anilines is 2. The Hall–Kier alpha value is -1.62. The van der Waals surface area contributed by atoms with Gasteiger partial charge in [-0.2, -0.15) is 0 Å². The summed E-state index contributed by atoms with van der Waals surface area (Å²) in [5.74, 6) is -2.15. The highest BCUT2D eigenvalue weighted by Crippen LogP contribution is 2.33. The summed E-state index contributed by atoms with van der Waals surface area (Å²) >= 11 is 5.73. The smallest absolute Gasteiger partial charge is 0.185 e.